The first-order chi connectivity index (χ1) is 9.49. The molecule has 0 amide bonds. The van der Waals surface area contributed by atoms with Crippen molar-refractivity contribution < 1.29 is 0 Å². The number of piperidine rings is 1. The number of rotatable bonds is 2. The Morgan fingerprint density at radius 3 is 2.55 bits per heavy atom. The van der Waals surface area contributed by atoms with Crippen LogP contribution in [0.25, 0.3) is 0 Å². The second-order valence-electron chi connectivity index (χ2n) is 8.12. The highest BCUT2D eigenvalue weighted by molar-refractivity contribution is 5.13. The van der Waals surface area contributed by atoms with Crippen molar-refractivity contribution in [3.05, 3.63) is 0 Å². The zero-order valence-electron chi connectivity index (χ0n) is 13.9. The van der Waals surface area contributed by atoms with Crippen LogP contribution in [0.15, 0.2) is 0 Å². The standard InChI is InChI=1S/C17H33N3/c1-6-12-14(17(3,4)5)13-15-11(9-8-10-18-15)19-16(13)20(12)7-2/h11-16,18-19H,6-10H2,1-5H3. The predicted octanol–water partition coefficient (Wildman–Crippen LogP) is 2.43. The fraction of sp³-hybridized carbons (Fsp3) is 1.00. The Morgan fingerprint density at radius 1 is 1.20 bits per heavy atom. The molecule has 0 saturated carbocycles. The molecule has 0 aromatic heterocycles. The third kappa shape index (κ3) is 2.13. The molecule has 6 atom stereocenters. The molecule has 2 N–H and O–H groups in total. The average Bonchev–Trinajstić information content (AvgIpc) is 2.90. The van der Waals surface area contributed by atoms with Gasteiger partial charge in [0.05, 0.1) is 6.17 Å². The van der Waals surface area contributed by atoms with E-state index in [0.717, 1.165) is 17.9 Å². The van der Waals surface area contributed by atoms with Crippen molar-refractivity contribution in [2.75, 3.05) is 13.1 Å². The van der Waals surface area contributed by atoms with E-state index in [0.29, 0.717) is 23.7 Å². The van der Waals surface area contributed by atoms with Crippen LogP contribution in [-0.2, 0) is 0 Å². The van der Waals surface area contributed by atoms with Gasteiger partial charge in [-0.15, -0.1) is 0 Å². The van der Waals surface area contributed by atoms with Gasteiger partial charge in [0.15, 0.2) is 0 Å². The third-order valence-electron chi connectivity index (χ3n) is 6.07. The van der Waals surface area contributed by atoms with E-state index in [4.69, 9.17) is 0 Å². The minimum atomic E-state index is 0.392. The quantitative estimate of drug-likeness (QED) is 0.813. The van der Waals surface area contributed by atoms with Crippen molar-refractivity contribution in [3.8, 4) is 0 Å². The van der Waals surface area contributed by atoms with Crippen LogP contribution >= 0.6 is 0 Å². The summed E-state index contributed by atoms with van der Waals surface area (Å²) in [5, 5.41) is 7.84. The lowest BCUT2D eigenvalue weighted by molar-refractivity contribution is 0.104. The van der Waals surface area contributed by atoms with Crippen molar-refractivity contribution in [2.45, 2.75) is 78.2 Å². The van der Waals surface area contributed by atoms with Crippen molar-refractivity contribution >= 4 is 0 Å². The van der Waals surface area contributed by atoms with Gasteiger partial charge in [-0.25, -0.2) is 0 Å². The highest BCUT2D eigenvalue weighted by Crippen LogP contribution is 2.50. The summed E-state index contributed by atoms with van der Waals surface area (Å²) in [5.74, 6) is 1.58. The first-order valence-electron chi connectivity index (χ1n) is 8.74. The minimum Gasteiger partial charge on any atom is -0.312 e. The molecule has 116 valence electrons. The van der Waals surface area contributed by atoms with Crippen LogP contribution in [-0.4, -0.2) is 42.3 Å². The van der Waals surface area contributed by atoms with E-state index in [1.54, 1.807) is 0 Å². The number of nitrogens with zero attached hydrogens (tertiary/aromatic N) is 1. The van der Waals surface area contributed by atoms with E-state index in [-0.39, 0.29) is 0 Å². The maximum atomic E-state index is 3.99. The second kappa shape index (κ2) is 5.26. The number of hydrogen-bond donors (Lipinski definition) is 2. The van der Waals surface area contributed by atoms with E-state index >= 15 is 0 Å². The van der Waals surface area contributed by atoms with Gasteiger partial charge in [-0.1, -0.05) is 34.6 Å². The molecule has 3 saturated heterocycles. The molecule has 3 heteroatoms. The van der Waals surface area contributed by atoms with E-state index in [1.807, 2.05) is 0 Å². The molecule has 0 spiro atoms. The van der Waals surface area contributed by atoms with Crippen molar-refractivity contribution in [2.24, 2.45) is 17.3 Å². The number of fused-ring (bicyclic) bond motifs is 3. The number of nitrogens with one attached hydrogen (secondary N) is 2. The van der Waals surface area contributed by atoms with Gasteiger partial charge in [-0.05, 0) is 43.7 Å². The van der Waals surface area contributed by atoms with Crippen molar-refractivity contribution in [1.82, 2.24) is 15.5 Å². The zero-order valence-corrected chi connectivity index (χ0v) is 13.9. The number of likely N-dealkylation sites (tertiary alicyclic amines) is 1. The summed E-state index contributed by atoms with van der Waals surface area (Å²) in [6.45, 7) is 14.5. The fourth-order valence-electron chi connectivity index (χ4n) is 5.51. The van der Waals surface area contributed by atoms with Crippen LogP contribution in [0.3, 0.4) is 0 Å². The fourth-order valence-corrected chi connectivity index (χ4v) is 5.51. The van der Waals surface area contributed by atoms with Gasteiger partial charge in [0.25, 0.3) is 0 Å². The van der Waals surface area contributed by atoms with Crippen LogP contribution in [0.2, 0.25) is 0 Å². The molecule has 3 aliphatic heterocycles. The first kappa shape index (κ1) is 14.8. The van der Waals surface area contributed by atoms with Gasteiger partial charge in [-0.3, -0.25) is 10.2 Å². The lowest BCUT2D eigenvalue weighted by Crippen LogP contribution is -2.52. The molecule has 0 aromatic carbocycles. The molecule has 20 heavy (non-hydrogen) atoms. The molecule has 3 rings (SSSR count). The lowest BCUT2D eigenvalue weighted by atomic mass is 9.68. The molecule has 6 unspecified atom stereocenters. The lowest BCUT2D eigenvalue weighted by Gasteiger charge is -2.41. The van der Waals surface area contributed by atoms with Crippen LogP contribution in [0.4, 0.5) is 0 Å². The Kier molecular flexibility index (Phi) is 3.89. The molecular formula is C17H33N3. The Labute approximate surface area is 124 Å². The summed E-state index contributed by atoms with van der Waals surface area (Å²) in [6.07, 6.45) is 4.57. The molecular weight excluding hydrogens is 246 g/mol. The molecule has 3 fully saturated rings. The van der Waals surface area contributed by atoms with Gasteiger partial charge >= 0.3 is 0 Å². The van der Waals surface area contributed by atoms with Gasteiger partial charge in [-0.2, -0.15) is 0 Å². The van der Waals surface area contributed by atoms with Crippen molar-refractivity contribution in [1.29, 1.82) is 0 Å². The van der Waals surface area contributed by atoms with E-state index in [9.17, 15) is 0 Å². The zero-order chi connectivity index (χ0) is 14.5. The highest BCUT2D eigenvalue weighted by Gasteiger charge is 2.59. The maximum absolute atomic E-state index is 3.99. The van der Waals surface area contributed by atoms with Crippen molar-refractivity contribution in [3.63, 3.8) is 0 Å². The molecule has 3 nitrogen and oxygen atoms in total. The Bertz CT molecular complexity index is 349. The smallest absolute Gasteiger partial charge is 0.0650 e. The van der Waals surface area contributed by atoms with Gasteiger partial charge < -0.3 is 5.32 Å². The largest absolute Gasteiger partial charge is 0.312 e. The topological polar surface area (TPSA) is 27.3 Å². The van der Waals surface area contributed by atoms with E-state index < -0.39 is 0 Å². The average molecular weight is 279 g/mol. The Morgan fingerprint density at radius 2 is 1.95 bits per heavy atom. The summed E-state index contributed by atoms with van der Waals surface area (Å²) in [7, 11) is 0. The highest BCUT2D eigenvalue weighted by atomic mass is 15.4. The Balaban J connectivity index is 1.94. The van der Waals surface area contributed by atoms with Crippen LogP contribution in [0.5, 0.6) is 0 Å². The SMILES string of the molecule is CCC1C(C(C)(C)C)C2C3NCCCC3NC2N1CC. The maximum Gasteiger partial charge on any atom is 0.0650 e. The normalized spacial score (nSPS) is 45.5. The van der Waals surface area contributed by atoms with E-state index in [2.05, 4.69) is 50.2 Å². The summed E-state index contributed by atoms with van der Waals surface area (Å²) in [5.41, 5.74) is 0.392. The third-order valence-corrected chi connectivity index (χ3v) is 6.07. The van der Waals surface area contributed by atoms with Gasteiger partial charge in [0.1, 0.15) is 0 Å². The van der Waals surface area contributed by atoms with Gasteiger partial charge in [0, 0.05) is 24.0 Å². The number of hydrogen-bond acceptors (Lipinski definition) is 3. The minimum absolute atomic E-state index is 0.392. The summed E-state index contributed by atoms with van der Waals surface area (Å²) >= 11 is 0. The summed E-state index contributed by atoms with van der Waals surface area (Å²) in [4.78, 5) is 2.76. The van der Waals surface area contributed by atoms with Crippen LogP contribution in [0, 0.1) is 17.3 Å². The molecule has 3 aliphatic rings. The van der Waals surface area contributed by atoms with Crippen LogP contribution < -0.4 is 10.6 Å². The first-order valence-corrected chi connectivity index (χ1v) is 8.74. The molecule has 0 aromatic rings. The summed E-state index contributed by atoms with van der Waals surface area (Å²) < 4.78 is 0. The van der Waals surface area contributed by atoms with Crippen LogP contribution in [0.1, 0.15) is 53.9 Å². The molecule has 0 radical (unpaired) electrons. The second-order valence-corrected chi connectivity index (χ2v) is 8.12. The van der Waals surface area contributed by atoms with Gasteiger partial charge in [0.2, 0.25) is 0 Å². The summed E-state index contributed by atoms with van der Waals surface area (Å²) in [6, 6.07) is 2.14. The molecule has 0 aliphatic carbocycles. The predicted molar refractivity (Wildman–Crippen MR) is 84.6 cm³/mol. The van der Waals surface area contributed by atoms with E-state index in [1.165, 1.54) is 32.4 Å². The molecule has 0 bridgehead atoms. The monoisotopic (exact) mass is 279 g/mol. The Hall–Kier alpha value is -0.120. The molecule has 3 heterocycles.